The summed E-state index contributed by atoms with van der Waals surface area (Å²) in [4.78, 5) is 25.4. The van der Waals surface area contributed by atoms with Crippen molar-refractivity contribution >= 4 is 21.8 Å². The van der Waals surface area contributed by atoms with Gasteiger partial charge in [-0.2, -0.15) is 0 Å². The first kappa shape index (κ1) is 19.6. The van der Waals surface area contributed by atoms with Gasteiger partial charge in [-0.05, 0) is 43.7 Å². The molecule has 2 amide bonds. The summed E-state index contributed by atoms with van der Waals surface area (Å²) in [7, 11) is -3.50. The topological polar surface area (TPSA) is 130 Å². The Labute approximate surface area is 158 Å². The van der Waals surface area contributed by atoms with Gasteiger partial charge in [-0.3, -0.25) is 4.79 Å². The SMILES string of the molecule is N[C@@H]1CC[C@H](N2CC[C@H](NC(=O)O)C2=O)[C@H](CS(=O)(=O)c2ccccc2)C1. The molecular weight excluding hydrogens is 370 g/mol. The minimum absolute atomic E-state index is 0.0732. The number of likely N-dealkylation sites (tertiary alicyclic amines) is 1. The summed E-state index contributed by atoms with van der Waals surface area (Å²) in [5.41, 5.74) is 6.08. The third-order valence-electron chi connectivity index (χ3n) is 5.46. The molecule has 8 nitrogen and oxygen atoms in total. The van der Waals surface area contributed by atoms with Crippen LogP contribution in [-0.4, -0.2) is 60.8 Å². The molecule has 1 aromatic carbocycles. The van der Waals surface area contributed by atoms with E-state index >= 15 is 0 Å². The van der Waals surface area contributed by atoms with Gasteiger partial charge in [-0.15, -0.1) is 0 Å². The molecule has 0 radical (unpaired) electrons. The fourth-order valence-electron chi connectivity index (χ4n) is 4.19. The van der Waals surface area contributed by atoms with Crippen molar-refractivity contribution in [3.63, 3.8) is 0 Å². The molecular formula is C18H25N3O5S. The number of benzene rings is 1. The monoisotopic (exact) mass is 395 g/mol. The van der Waals surface area contributed by atoms with E-state index < -0.39 is 22.0 Å². The lowest BCUT2D eigenvalue weighted by Gasteiger charge is -2.40. The van der Waals surface area contributed by atoms with Crippen LogP contribution in [-0.2, 0) is 14.6 Å². The van der Waals surface area contributed by atoms with Crippen LogP contribution in [0.5, 0.6) is 0 Å². The van der Waals surface area contributed by atoms with Gasteiger partial charge >= 0.3 is 6.09 Å². The van der Waals surface area contributed by atoms with E-state index in [-0.39, 0.29) is 34.6 Å². The van der Waals surface area contributed by atoms with Crippen LogP contribution in [0.15, 0.2) is 35.2 Å². The maximum absolute atomic E-state index is 12.8. The zero-order valence-electron chi connectivity index (χ0n) is 15.0. The number of hydrogen-bond acceptors (Lipinski definition) is 5. The Morgan fingerprint density at radius 1 is 1.22 bits per heavy atom. The van der Waals surface area contributed by atoms with Crippen molar-refractivity contribution in [3.8, 4) is 0 Å². The lowest BCUT2D eigenvalue weighted by atomic mass is 9.82. The van der Waals surface area contributed by atoms with Crippen LogP contribution in [0.4, 0.5) is 4.79 Å². The second-order valence-corrected chi connectivity index (χ2v) is 9.35. The van der Waals surface area contributed by atoms with Crippen molar-refractivity contribution in [2.75, 3.05) is 12.3 Å². The van der Waals surface area contributed by atoms with Crippen LogP contribution in [0.1, 0.15) is 25.7 Å². The van der Waals surface area contributed by atoms with E-state index in [1.165, 1.54) is 0 Å². The van der Waals surface area contributed by atoms with Crippen molar-refractivity contribution in [2.45, 2.75) is 48.7 Å². The molecule has 3 rings (SSSR count). The highest BCUT2D eigenvalue weighted by Gasteiger charge is 2.43. The molecule has 1 aromatic rings. The fraction of sp³-hybridized carbons (Fsp3) is 0.556. The number of nitrogens with zero attached hydrogens (tertiary/aromatic N) is 1. The van der Waals surface area contributed by atoms with Crippen LogP contribution in [0.25, 0.3) is 0 Å². The van der Waals surface area contributed by atoms with Crippen molar-refractivity contribution in [3.05, 3.63) is 30.3 Å². The molecule has 9 heteroatoms. The average Bonchev–Trinajstić information content (AvgIpc) is 2.96. The number of rotatable bonds is 5. The Morgan fingerprint density at radius 2 is 1.93 bits per heavy atom. The summed E-state index contributed by atoms with van der Waals surface area (Å²) >= 11 is 0. The smallest absolute Gasteiger partial charge is 0.405 e. The quantitative estimate of drug-likeness (QED) is 0.677. The minimum atomic E-state index is -3.50. The molecule has 1 saturated carbocycles. The molecule has 0 aromatic heterocycles. The normalized spacial score (nSPS) is 28.9. The van der Waals surface area contributed by atoms with Crippen molar-refractivity contribution in [1.29, 1.82) is 0 Å². The highest BCUT2D eigenvalue weighted by atomic mass is 32.2. The Balaban J connectivity index is 1.78. The maximum atomic E-state index is 12.8. The number of carbonyl (C=O) groups is 2. The molecule has 0 bridgehead atoms. The first-order valence-corrected chi connectivity index (χ1v) is 10.8. The number of nitrogens with two attached hydrogens (primary N) is 1. The van der Waals surface area contributed by atoms with Crippen molar-refractivity contribution in [1.82, 2.24) is 10.2 Å². The van der Waals surface area contributed by atoms with E-state index in [1.54, 1.807) is 35.2 Å². The summed E-state index contributed by atoms with van der Waals surface area (Å²) < 4.78 is 25.6. The van der Waals surface area contributed by atoms with E-state index in [4.69, 9.17) is 10.8 Å². The van der Waals surface area contributed by atoms with Gasteiger partial charge in [0.1, 0.15) is 6.04 Å². The summed E-state index contributed by atoms with van der Waals surface area (Å²) in [5, 5.41) is 11.1. The molecule has 4 N–H and O–H groups in total. The Kier molecular flexibility index (Phi) is 5.71. The number of hydrogen-bond donors (Lipinski definition) is 3. The van der Waals surface area contributed by atoms with Gasteiger partial charge in [0.25, 0.3) is 0 Å². The van der Waals surface area contributed by atoms with Gasteiger partial charge in [0, 0.05) is 18.6 Å². The van der Waals surface area contributed by atoms with Crippen molar-refractivity contribution < 1.29 is 23.1 Å². The zero-order chi connectivity index (χ0) is 19.6. The zero-order valence-corrected chi connectivity index (χ0v) is 15.8. The number of carboxylic acid groups (broad SMARTS) is 1. The first-order chi connectivity index (χ1) is 12.8. The summed E-state index contributed by atoms with van der Waals surface area (Å²) in [6.07, 6.45) is 1.03. The predicted molar refractivity (Wildman–Crippen MR) is 98.9 cm³/mol. The second-order valence-electron chi connectivity index (χ2n) is 7.32. The van der Waals surface area contributed by atoms with Crippen molar-refractivity contribution in [2.24, 2.45) is 11.7 Å². The molecule has 4 atom stereocenters. The predicted octanol–water partition coefficient (Wildman–Crippen LogP) is 0.825. The fourth-order valence-corrected chi connectivity index (χ4v) is 5.88. The van der Waals surface area contributed by atoms with E-state index in [9.17, 15) is 18.0 Å². The van der Waals surface area contributed by atoms with Gasteiger partial charge in [-0.1, -0.05) is 18.2 Å². The molecule has 1 aliphatic carbocycles. The van der Waals surface area contributed by atoms with Crippen LogP contribution in [0.2, 0.25) is 0 Å². The van der Waals surface area contributed by atoms with E-state index in [2.05, 4.69) is 5.32 Å². The van der Waals surface area contributed by atoms with E-state index in [0.717, 1.165) is 0 Å². The Morgan fingerprint density at radius 3 is 2.59 bits per heavy atom. The molecule has 0 unspecified atom stereocenters. The number of nitrogens with one attached hydrogen (secondary N) is 1. The van der Waals surface area contributed by atoms with Gasteiger partial charge in [0.15, 0.2) is 9.84 Å². The lowest BCUT2D eigenvalue weighted by molar-refractivity contribution is -0.132. The standard InChI is InChI=1S/C18H25N3O5S/c19-13-6-7-16(21-9-8-15(17(21)22)20-18(23)24)12(10-13)11-27(25,26)14-4-2-1-3-5-14/h1-5,12-13,15-16,20H,6-11,19H2,(H,23,24)/t12-,13+,15-,16-/m0/s1. The molecule has 0 spiro atoms. The molecule has 1 aliphatic heterocycles. The van der Waals surface area contributed by atoms with E-state index in [0.29, 0.717) is 32.2 Å². The number of carbonyl (C=O) groups excluding carboxylic acids is 1. The molecule has 1 heterocycles. The third kappa shape index (κ3) is 4.41. The van der Waals surface area contributed by atoms with Crippen LogP contribution in [0, 0.1) is 5.92 Å². The van der Waals surface area contributed by atoms with E-state index in [1.807, 2.05) is 0 Å². The Hall–Kier alpha value is -2.13. The third-order valence-corrected chi connectivity index (χ3v) is 7.31. The van der Waals surface area contributed by atoms with Gasteiger partial charge in [0.2, 0.25) is 5.91 Å². The average molecular weight is 395 g/mol. The number of sulfone groups is 1. The highest BCUT2D eigenvalue weighted by Crippen LogP contribution is 2.33. The second kappa shape index (κ2) is 7.85. The molecule has 148 valence electrons. The summed E-state index contributed by atoms with van der Waals surface area (Å²) in [6.45, 7) is 0.422. The first-order valence-electron chi connectivity index (χ1n) is 9.11. The van der Waals surface area contributed by atoms with Crippen LogP contribution >= 0.6 is 0 Å². The summed E-state index contributed by atoms with van der Waals surface area (Å²) in [5.74, 6) is -0.623. The van der Waals surface area contributed by atoms with Gasteiger partial charge in [-0.25, -0.2) is 13.2 Å². The molecule has 2 aliphatic rings. The maximum Gasteiger partial charge on any atom is 0.405 e. The number of amides is 2. The van der Waals surface area contributed by atoms with Crippen LogP contribution < -0.4 is 11.1 Å². The Bertz CT molecular complexity index is 798. The van der Waals surface area contributed by atoms with Gasteiger partial charge in [0.05, 0.1) is 10.6 Å². The highest BCUT2D eigenvalue weighted by molar-refractivity contribution is 7.91. The summed E-state index contributed by atoms with van der Waals surface area (Å²) in [6, 6.07) is 7.18. The molecule has 27 heavy (non-hydrogen) atoms. The minimum Gasteiger partial charge on any atom is -0.465 e. The van der Waals surface area contributed by atoms with Gasteiger partial charge < -0.3 is 21.1 Å². The lowest BCUT2D eigenvalue weighted by Crippen LogP contribution is -2.51. The molecule has 2 fully saturated rings. The largest absolute Gasteiger partial charge is 0.465 e. The molecule has 1 saturated heterocycles. The van der Waals surface area contributed by atoms with Crippen LogP contribution in [0.3, 0.4) is 0 Å².